The Labute approximate surface area is 74.5 Å². The fourth-order valence-electron chi connectivity index (χ4n) is 0.789. The topological polar surface area (TPSA) is 29.5 Å². The van der Waals surface area contributed by atoms with E-state index in [1.54, 1.807) is 6.92 Å². The number of phenols is 1. The zero-order valence-electron chi connectivity index (χ0n) is 6.47. The van der Waals surface area contributed by atoms with Gasteiger partial charge in [0.2, 0.25) is 0 Å². The van der Waals surface area contributed by atoms with Crippen LogP contribution in [0, 0.1) is 5.82 Å². The highest BCUT2D eigenvalue weighted by atomic mass is 35.5. The van der Waals surface area contributed by atoms with Crippen LogP contribution in [-0.2, 0) is 0 Å². The average Bonchev–Trinajstić information content (AvgIpc) is 2.07. The summed E-state index contributed by atoms with van der Waals surface area (Å²) in [4.78, 5) is 0. The van der Waals surface area contributed by atoms with Crippen LogP contribution in [0.3, 0.4) is 0 Å². The number of rotatable bonds is 2. The summed E-state index contributed by atoms with van der Waals surface area (Å²) in [6, 6.07) is 2.48. The van der Waals surface area contributed by atoms with E-state index in [9.17, 15) is 4.39 Å². The van der Waals surface area contributed by atoms with Crippen molar-refractivity contribution in [1.29, 1.82) is 0 Å². The zero-order valence-corrected chi connectivity index (χ0v) is 7.23. The van der Waals surface area contributed by atoms with E-state index in [0.717, 1.165) is 6.07 Å². The van der Waals surface area contributed by atoms with Crippen molar-refractivity contribution in [2.45, 2.75) is 6.92 Å². The van der Waals surface area contributed by atoms with Gasteiger partial charge in [-0.05, 0) is 19.1 Å². The van der Waals surface area contributed by atoms with Gasteiger partial charge in [0, 0.05) is 0 Å². The van der Waals surface area contributed by atoms with Crippen LogP contribution in [0.25, 0.3) is 0 Å². The van der Waals surface area contributed by atoms with Gasteiger partial charge >= 0.3 is 0 Å². The molecule has 12 heavy (non-hydrogen) atoms. The average molecular weight is 191 g/mol. The van der Waals surface area contributed by atoms with Crippen molar-refractivity contribution in [1.82, 2.24) is 0 Å². The zero-order chi connectivity index (χ0) is 9.14. The minimum atomic E-state index is -0.747. The number of ether oxygens (including phenoxy) is 1. The molecule has 0 saturated carbocycles. The van der Waals surface area contributed by atoms with Crippen molar-refractivity contribution in [2.75, 3.05) is 6.61 Å². The molecule has 1 rings (SSSR count). The van der Waals surface area contributed by atoms with Gasteiger partial charge in [-0.2, -0.15) is 0 Å². The summed E-state index contributed by atoms with van der Waals surface area (Å²) < 4.78 is 17.6. The van der Waals surface area contributed by atoms with Gasteiger partial charge in [-0.25, -0.2) is 4.39 Å². The molecule has 0 spiro atoms. The standard InChI is InChI=1S/C8H8ClFO2/c1-2-12-6-4-3-5(10)8(11)7(6)9/h3-4,11H,2H2,1H3. The summed E-state index contributed by atoms with van der Waals surface area (Å²) in [7, 11) is 0. The fraction of sp³-hybridized carbons (Fsp3) is 0.250. The highest BCUT2D eigenvalue weighted by Gasteiger charge is 2.10. The predicted molar refractivity (Wildman–Crippen MR) is 44.2 cm³/mol. The van der Waals surface area contributed by atoms with Gasteiger partial charge in [-0.1, -0.05) is 11.6 Å². The molecule has 1 aromatic carbocycles. The number of halogens is 2. The molecule has 0 radical (unpaired) electrons. The van der Waals surface area contributed by atoms with Crippen molar-refractivity contribution < 1.29 is 14.2 Å². The lowest BCUT2D eigenvalue weighted by atomic mass is 10.3. The van der Waals surface area contributed by atoms with Crippen LogP contribution in [0.2, 0.25) is 5.02 Å². The first-order valence-electron chi connectivity index (χ1n) is 3.46. The highest BCUT2D eigenvalue weighted by molar-refractivity contribution is 6.33. The van der Waals surface area contributed by atoms with Gasteiger partial charge in [-0.15, -0.1) is 0 Å². The van der Waals surface area contributed by atoms with Crippen molar-refractivity contribution in [3.05, 3.63) is 23.0 Å². The Balaban J connectivity index is 3.08. The lowest BCUT2D eigenvalue weighted by molar-refractivity contribution is 0.335. The smallest absolute Gasteiger partial charge is 0.174 e. The molecular weight excluding hydrogens is 183 g/mol. The molecule has 1 N–H and O–H groups in total. The Kier molecular flexibility index (Phi) is 2.76. The maximum Gasteiger partial charge on any atom is 0.174 e. The van der Waals surface area contributed by atoms with Crippen molar-refractivity contribution in [2.24, 2.45) is 0 Å². The van der Waals surface area contributed by atoms with E-state index in [1.807, 2.05) is 0 Å². The summed E-state index contributed by atoms with van der Waals surface area (Å²) in [5, 5.41) is 8.94. The molecule has 2 nitrogen and oxygen atoms in total. The molecule has 0 saturated heterocycles. The Morgan fingerprint density at radius 2 is 2.25 bits per heavy atom. The Morgan fingerprint density at radius 3 is 2.83 bits per heavy atom. The highest BCUT2D eigenvalue weighted by Crippen LogP contribution is 2.34. The quantitative estimate of drug-likeness (QED) is 0.777. The molecule has 0 aliphatic heterocycles. The van der Waals surface area contributed by atoms with E-state index in [-0.39, 0.29) is 10.8 Å². The Hall–Kier alpha value is -0.960. The number of aromatic hydroxyl groups is 1. The van der Waals surface area contributed by atoms with Gasteiger partial charge in [0.1, 0.15) is 10.8 Å². The molecule has 0 bridgehead atoms. The van der Waals surface area contributed by atoms with Gasteiger partial charge in [0.05, 0.1) is 6.61 Å². The van der Waals surface area contributed by atoms with Gasteiger partial charge in [0.25, 0.3) is 0 Å². The lowest BCUT2D eigenvalue weighted by Crippen LogP contribution is -1.92. The first kappa shape index (κ1) is 9.13. The second kappa shape index (κ2) is 3.63. The molecule has 0 heterocycles. The predicted octanol–water partition coefficient (Wildman–Crippen LogP) is 2.58. The monoisotopic (exact) mass is 190 g/mol. The molecule has 0 atom stereocenters. The van der Waals surface area contributed by atoms with E-state index < -0.39 is 11.6 Å². The van der Waals surface area contributed by atoms with Crippen molar-refractivity contribution >= 4 is 11.6 Å². The fourth-order valence-corrected chi connectivity index (χ4v) is 0.997. The number of hydrogen-bond acceptors (Lipinski definition) is 2. The summed E-state index contributed by atoms with van der Waals surface area (Å²) >= 11 is 5.56. The lowest BCUT2D eigenvalue weighted by Gasteiger charge is -2.06. The molecule has 0 amide bonds. The first-order chi connectivity index (χ1) is 5.66. The minimum Gasteiger partial charge on any atom is -0.504 e. The molecule has 0 aromatic heterocycles. The van der Waals surface area contributed by atoms with E-state index in [0.29, 0.717) is 6.61 Å². The van der Waals surface area contributed by atoms with Crippen molar-refractivity contribution in [3.63, 3.8) is 0 Å². The van der Waals surface area contributed by atoms with Gasteiger partial charge in [0.15, 0.2) is 11.6 Å². The van der Waals surface area contributed by atoms with E-state index in [1.165, 1.54) is 6.07 Å². The molecule has 0 aliphatic carbocycles. The van der Waals surface area contributed by atoms with E-state index in [4.69, 9.17) is 21.4 Å². The van der Waals surface area contributed by atoms with Crippen molar-refractivity contribution in [3.8, 4) is 11.5 Å². The Morgan fingerprint density at radius 1 is 1.58 bits per heavy atom. The summed E-state index contributed by atoms with van der Waals surface area (Å²) in [5.74, 6) is -1.02. The van der Waals surface area contributed by atoms with Crippen LogP contribution in [0.1, 0.15) is 6.92 Å². The van der Waals surface area contributed by atoms with Crippen LogP contribution < -0.4 is 4.74 Å². The normalized spacial score (nSPS) is 9.92. The second-order valence-corrected chi connectivity index (χ2v) is 2.52. The third kappa shape index (κ3) is 1.61. The Bertz CT molecular complexity index is 289. The summed E-state index contributed by atoms with van der Waals surface area (Å²) in [6.07, 6.45) is 0. The van der Waals surface area contributed by atoms with Crippen LogP contribution in [0.4, 0.5) is 4.39 Å². The van der Waals surface area contributed by atoms with E-state index in [2.05, 4.69) is 0 Å². The van der Waals surface area contributed by atoms with E-state index >= 15 is 0 Å². The third-order valence-corrected chi connectivity index (χ3v) is 1.70. The number of hydrogen-bond donors (Lipinski definition) is 1. The molecule has 4 heteroatoms. The maximum absolute atomic E-state index is 12.6. The molecule has 0 aliphatic rings. The molecule has 0 unspecified atom stereocenters. The minimum absolute atomic E-state index is 0.0862. The first-order valence-corrected chi connectivity index (χ1v) is 3.84. The summed E-state index contributed by atoms with van der Waals surface area (Å²) in [6.45, 7) is 2.20. The van der Waals surface area contributed by atoms with Crippen LogP contribution >= 0.6 is 11.6 Å². The maximum atomic E-state index is 12.6. The van der Waals surface area contributed by atoms with Crippen LogP contribution in [0.15, 0.2) is 12.1 Å². The van der Waals surface area contributed by atoms with Crippen LogP contribution in [0.5, 0.6) is 11.5 Å². The van der Waals surface area contributed by atoms with Gasteiger partial charge in [-0.3, -0.25) is 0 Å². The SMILES string of the molecule is CCOc1ccc(F)c(O)c1Cl. The largest absolute Gasteiger partial charge is 0.504 e. The molecule has 1 aromatic rings. The number of benzene rings is 1. The molecule has 66 valence electrons. The second-order valence-electron chi connectivity index (χ2n) is 2.14. The van der Waals surface area contributed by atoms with Crippen LogP contribution in [-0.4, -0.2) is 11.7 Å². The number of phenolic OH excluding ortho intramolecular Hbond substituents is 1. The molecule has 0 fully saturated rings. The summed E-state index contributed by atoms with van der Waals surface area (Å²) in [5.41, 5.74) is 0. The van der Waals surface area contributed by atoms with Gasteiger partial charge < -0.3 is 9.84 Å². The molecular formula is C8H8ClFO2. The third-order valence-electron chi connectivity index (χ3n) is 1.33.